The lowest BCUT2D eigenvalue weighted by molar-refractivity contribution is -0.384. The molecule has 2 heterocycles. The molecule has 0 bridgehead atoms. The highest BCUT2D eigenvalue weighted by molar-refractivity contribution is 7.09. The molecule has 3 rings (SSSR count). The average molecular weight is 361 g/mol. The minimum Gasteiger partial charge on any atom is -0.376 e. The van der Waals surface area contributed by atoms with Gasteiger partial charge in [0.25, 0.3) is 5.69 Å². The Hall–Kier alpha value is -2.45. The quantitative estimate of drug-likeness (QED) is 0.625. The lowest BCUT2D eigenvalue weighted by Gasteiger charge is -2.25. The molecule has 0 radical (unpaired) electrons. The molecule has 0 saturated carbocycles. The number of benzene rings is 1. The summed E-state index contributed by atoms with van der Waals surface area (Å²) in [6.07, 6.45) is 2.02. The Morgan fingerprint density at radius 2 is 2.16 bits per heavy atom. The van der Waals surface area contributed by atoms with Gasteiger partial charge in [0.2, 0.25) is 0 Å². The summed E-state index contributed by atoms with van der Waals surface area (Å²) in [6, 6.07) is 9.53. The van der Waals surface area contributed by atoms with Crippen LogP contribution in [0.4, 0.5) is 16.2 Å². The maximum atomic E-state index is 12.7. The Morgan fingerprint density at radius 3 is 2.76 bits per heavy atom. The van der Waals surface area contributed by atoms with Gasteiger partial charge in [0, 0.05) is 35.8 Å². The molecule has 2 aromatic rings. The molecule has 132 valence electrons. The Labute approximate surface area is 149 Å². The molecule has 1 atom stereocenters. The van der Waals surface area contributed by atoms with Crippen molar-refractivity contribution >= 4 is 28.7 Å². The molecule has 1 unspecified atom stereocenters. The van der Waals surface area contributed by atoms with Crippen molar-refractivity contribution in [3.63, 3.8) is 0 Å². The monoisotopic (exact) mass is 361 g/mol. The largest absolute Gasteiger partial charge is 0.376 e. The van der Waals surface area contributed by atoms with E-state index in [2.05, 4.69) is 5.32 Å². The Morgan fingerprint density at radius 1 is 1.36 bits per heavy atom. The number of hydrogen-bond acceptors (Lipinski definition) is 5. The molecule has 7 nitrogen and oxygen atoms in total. The number of nitro benzene ring substituents is 1. The molecule has 1 aromatic heterocycles. The van der Waals surface area contributed by atoms with E-state index in [4.69, 9.17) is 4.74 Å². The summed E-state index contributed by atoms with van der Waals surface area (Å²) < 4.78 is 5.65. The number of urea groups is 1. The standard InChI is InChI=1S/C17H19N3O4S/c21-17(18-13-5-7-14(8-6-13)20(22)23)19(11-15-3-1-9-24-15)12-16-4-2-10-25-16/h2,4-8,10,15H,1,3,9,11-12H2,(H,18,21). The van der Waals surface area contributed by atoms with Crippen LogP contribution in [0.2, 0.25) is 0 Å². The number of nitrogens with zero attached hydrogens (tertiary/aromatic N) is 2. The van der Waals surface area contributed by atoms with Crippen molar-refractivity contribution in [3.8, 4) is 0 Å². The highest BCUT2D eigenvalue weighted by atomic mass is 32.1. The van der Waals surface area contributed by atoms with E-state index in [0.29, 0.717) is 18.8 Å². The van der Waals surface area contributed by atoms with Gasteiger partial charge in [-0.25, -0.2) is 4.79 Å². The predicted octanol–water partition coefficient (Wildman–Crippen LogP) is 3.87. The number of amides is 2. The van der Waals surface area contributed by atoms with Gasteiger partial charge < -0.3 is 15.0 Å². The molecule has 1 aromatic carbocycles. The number of carbonyl (C=O) groups excluding carboxylic acids is 1. The number of non-ortho nitro benzene ring substituents is 1. The number of carbonyl (C=O) groups is 1. The van der Waals surface area contributed by atoms with Crippen LogP contribution in [-0.4, -0.2) is 35.1 Å². The first kappa shape index (κ1) is 17.4. The van der Waals surface area contributed by atoms with Gasteiger partial charge in [-0.15, -0.1) is 11.3 Å². The van der Waals surface area contributed by atoms with Gasteiger partial charge in [0.15, 0.2) is 0 Å². The van der Waals surface area contributed by atoms with E-state index in [1.807, 2.05) is 17.5 Å². The fourth-order valence-electron chi connectivity index (χ4n) is 2.71. The van der Waals surface area contributed by atoms with E-state index in [1.54, 1.807) is 16.2 Å². The summed E-state index contributed by atoms with van der Waals surface area (Å²) in [5, 5.41) is 15.5. The molecule has 0 aliphatic carbocycles. The molecule has 25 heavy (non-hydrogen) atoms. The van der Waals surface area contributed by atoms with E-state index in [9.17, 15) is 14.9 Å². The summed E-state index contributed by atoms with van der Waals surface area (Å²) in [4.78, 5) is 25.7. The molecule has 1 aliphatic rings. The zero-order valence-corrected chi connectivity index (χ0v) is 14.4. The van der Waals surface area contributed by atoms with Gasteiger partial charge in [0.05, 0.1) is 17.6 Å². The number of ether oxygens (including phenoxy) is 1. The second kappa shape index (κ2) is 8.09. The highest BCUT2D eigenvalue weighted by Gasteiger charge is 2.23. The Kier molecular flexibility index (Phi) is 5.62. The maximum Gasteiger partial charge on any atom is 0.322 e. The van der Waals surface area contributed by atoms with Crippen molar-refractivity contribution in [1.29, 1.82) is 0 Å². The van der Waals surface area contributed by atoms with Crippen molar-refractivity contribution in [2.24, 2.45) is 0 Å². The molecule has 1 fully saturated rings. The van der Waals surface area contributed by atoms with Crippen molar-refractivity contribution < 1.29 is 14.5 Å². The van der Waals surface area contributed by atoms with Crippen molar-refractivity contribution in [1.82, 2.24) is 4.90 Å². The van der Waals surface area contributed by atoms with Crippen LogP contribution in [0.3, 0.4) is 0 Å². The summed E-state index contributed by atoms with van der Waals surface area (Å²) >= 11 is 1.60. The van der Waals surface area contributed by atoms with Gasteiger partial charge in [-0.1, -0.05) is 6.07 Å². The van der Waals surface area contributed by atoms with Crippen LogP contribution in [-0.2, 0) is 11.3 Å². The van der Waals surface area contributed by atoms with Crippen molar-refractivity contribution in [2.45, 2.75) is 25.5 Å². The summed E-state index contributed by atoms with van der Waals surface area (Å²) in [5.74, 6) is 0. The first-order valence-corrected chi connectivity index (χ1v) is 8.94. The molecular weight excluding hydrogens is 342 g/mol. The number of thiophene rings is 1. The van der Waals surface area contributed by atoms with Crippen molar-refractivity contribution in [3.05, 3.63) is 56.8 Å². The third-order valence-electron chi connectivity index (χ3n) is 3.99. The summed E-state index contributed by atoms with van der Waals surface area (Å²) in [5.41, 5.74) is 0.520. The number of rotatable bonds is 6. The van der Waals surface area contributed by atoms with E-state index in [-0.39, 0.29) is 17.8 Å². The number of hydrogen-bond donors (Lipinski definition) is 1. The van der Waals surface area contributed by atoms with Gasteiger partial charge in [0.1, 0.15) is 0 Å². The zero-order valence-electron chi connectivity index (χ0n) is 13.6. The zero-order chi connectivity index (χ0) is 17.6. The maximum absolute atomic E-state index is 12.7. The van der Waals surface area contributed by atoms with Gasteiger partial charge in [-0.3, -0.25) is 10.1 Å². The predicted molar refractivity (Wildman–Crippen MR) is 95.8 cm³/mol. The van der Waals surface area contributed by atoms with Gasteiger partial charge in [-0.2, -0.15) is 0 Å². The molecule has 0 spiro atoms. The van der Waals surface area contributed by atoms with Crippen LogP contribution >= 0.6 is 11.3 Å². The van der Waals surface area contributed by atoms with E-state index < -0.39 is 4.92 Å². The molecule has 1 N–H and O–H groups in total. The average Bonchev–Trinajstić information content (AvgIpc) is 3.28. The highest BCUT2D eigenvalue weighted by Crippen LogP contribution is 2.20. The summed E-state index contributed by atoms with van der Waals surface area (Å²) in [6.45, 7) is 1.77. The van der Waals surface area contributed by atoms with Crippen LogP contribution in [0.1, 0.15) is 17.7 Å². The lowest BCUT2D eigenvalue weighted by atomic mass is 10.2. The molecule has 1 saturated heterocycles. The third-order valence-corrected chi connectivity index (χ3v) is 4.85. The van der Waals surface area contributed by atoms with Crippen LogP contribution in [0.5, 0.6) is 0 Å². The fourth-order valence-corrected chi connectivity index (χ4v) is 3.43. The molecule has 8 heteroatoms. The SMILES string of the molecule is O=C(Nc1ccc([N+](=O)[O-])cc1)N(Cc1cccs1)CC1CCCO1. The molecule has 1 aliphatic heterocycles. The van der Waals surface area contributed by atoms with Crippen molar-refractivity contribution in [2.75, 3.05) is 18.5 Å². The molecule has 2 amide bonds. The number of nitro groups is 1. The first-order valence-electron chi connectivity index (χ1n) is 8.06. The van der Waals surface area contributed by atoms with E-state index >= 15 is 0 Å². The third kappa shape index (κ3) is 4.77. The minimum absolute atomic E-state index is 0.00667. The second-order valence-electron chi connectivity index (χ2n) is 5.83. The Bertz CT molecular complexity index is 712. The topological polar surface area (TPSA) is 84.7 Å². The number of nitrogens with one attached hydrogen (secondary N) is 1. The smallest absolute Gasteiger partial charge is 0.322 e. The molecular formula is C17H19N3O4S. The Balaban J connectivity index is 1.67. The first-order chi connectivity index (χ1) is 12.1. The lowest BCUT2D eigenvalue weighted by Crippen LogP contribution is -2.39. The van der Waals surface area contributed by atoms with Gasteiger partial charge >= 0.3 is 6.03 Å². The van der Waals surface area contributed by atoms with Crippen LogP contribution < -0.4 is 5.32 Å². The number of anilines is 1. The fraction of sp³-hybridized carbons (Fsp3) is 0.353. The summed E-state index contributed by atoms with van der Waals surface area (Å²) in [7, 11) is 0. The normalized spacial score (nSPS) is 16.6. The van der Waals surface area contributed by atoms with E-state index in [0.717, 1.165) is 24.3 Å². The second-order valence-corrected chi connectivity index (χ2v) is 6.86. The van der Waals surface area contributed by atoms with Crippen LogP contribution in [0.25, 0.3) is 0 Å². The van der Waals surface area contributed by atoms with Gasteiger partial charge in [-0.05, 0) is 36.4 Å². The van der Waals surface area contributed by atoms with E-state index in [1.165, 1.54) is 24.3 Å². The van der Waals surface area contributed by atoms with Crippen LogP contribution in [0, 0.1) is 10.1 Å². The minimum atomic E-state index is -0.466. The van der Waals surface area contributed by atoms with Crippen LogP contribution in [0.15, 0.2) is 41.8 Å².